The van der Waals surface area contributed by atoms with Crippen LogP contribution in [0.1, 0.15) is 32.3 Å². The van der Waals surface area contributed by atoms with E-state index < -0.39 is 0 Å². The van der Waals surface area contributed by atoms with E-state index in [1.807, 2.05) is 0 Å². The Bertz CT molecular complexity index is 363. The Morgan fingerprint density at radius 3 is 2.40 bits per heavy atom. The number of halogens is 2. The minimum atomic E-state index is -0.0755. The maximum absolute atomic E-state index is 6.01. The van der Waals surface area contributed by atoms with Gasteiger partial charge in [0.2, 0.25) is 0 Å². The molecule has 0 aliphatic carbocycles. The van der Waals surface area contributed by atoms with Crippen molar-refractivity contribution in [2.45, 2.75) is 32.8 Å². The summed E-state index contributed by atoms with van der Waals surface area (Å²) in [6.07, 6.45) is 0. The van der Waals surface area contributed by atoms with Gasteiger partial charge in [-0.25, -0.2) is 9.97 Å². The molecule has 3 nitrogen and oxygen atoms in total. The van der Waals surface area contributed by atoms with Gasteiger partial charge in [0.15, 0.2) is 5.82 Å². The van der Waals surface area contributed by atoms with Crippen LogP contribution in [-0.4, -0.2) is 17.1 Å². The predicted octanol–water partition coefficient (Wildman–Crippen LogP) is 3.34. The van der Waals surface area contributed by atoms with Gasteiger partial charge in [0.1, 0.15) is 11.8 Å². The molecule has 1 aromatic rings. The summed E-state index contributed by atoms with van der Waals surface area (Å²) in [7, 11) is 1.61. The Kier molecular flexibility index (Phi) is 4.09. The molecule has 0 atom stereocenters. The molecular formula is C10H14BrClN2O. The second-order valence-corrected chi connectivity index (χ2v) is 5.43. The summed E-state index contributed by atoms with van der Waals surface area (Å²) in [5.74, 6) is 0.607. The fraction of sp³-hybridized carbons (Fsp3) is 0.600. The number of aromatic nitrogens is 2. The van der Waals surface area contributed by atoms with Crippen molar-refractivity contribution in [2.75, 3.05) is 7.11 Å². The molecule has 1 rings (SSSR count). The molecule has 0 aliphatic rings. The van der Waals surface area contributed by atoms with E-state index in [0.29, 0.717) is 17.6 Å². The summed E-state index contributed by atoms with van der Waals surface area (Å²) >= 11 is 9.41. The van der Waals surface area contributed by atoms with Crippen molar-refractivity contribution in [1.82, 2.24) is 9.97 Å². The van der Waals surface area contributed by atoms with Crippen LogP contribution in [0.25, 0.3) is 0 Å². The zero-order chi connectivity index (χ0) is 11.6. The molecule has 0 radical (unpaired) electrons. The molecule has 0 fully saturated rings. The highest BCUT2D eigenvalue weighted by atomic mass is 79.9. The fourth-order valence-corrected chi connectivity index (χ4v) is 2.11. The molecule has 1 aromatic heterocycles. The molecule has 0 saturated carbocycles. The van der Waals surface area contributed by atoms with Gasteiger partial charge in [-0.2, -0.15) is 0 Å². The van der Waals surface area contributed by atoms with Gasteiger partial charge < -0.3 is 4.74 Å². The van der Waals surface area contributed by atoms with Gasteiger partial charge in [-0.15, -0.1) is 0 Å². The van der Waals surface area contributed by atoms with Gasteiger partial charge in [-0.1, -0.05) is 32.4 Å². The summed E-state index contributed by atoms with van der Waals surface area (Å²) < 4.78 is 5.75. The van der Waals surface area contributed by atoms with Gasteiger partial charge in [0, 0.05) is 12.5 Å². The Hall–Kier alpha value is -0.190. The predicted molar refractivity (Wildman–Crippen MR) is 64.2 cm³/mol. The van der Waals surface area contributed by atoms with Crippen LogP contribution in [-0.2, 0) is 16.8 Å². The van der Waals surface area contributed by atoms with Gasteiger partial charge in [-0.05, 0) is 15.9 Å². The lowest BCUT2D eigenvalue weighted by Crippen LogP contribution is -2.17. The summed E-state index contributed by atoms with van der Waals surface area (Å²) in [6.45, 7) is 6.60. The first-order chi connectivity index (χ1) is 6.86. The molecule has 0 spiro atoms. The van der Waals surface area contributed by atoms with Crippen LogP contribution in [0.5, 0.6) is 0 Å². The Morgan fingerprint density at radius 2 is 1.93 bits per heavy atom. The largest absolute Gasteiger partial charge is 0.377 e. The normalized spacial score (nSPS) is 11.9. The lowest BCUT2D eigenvalue weighted by molar-refractivity contribution is 0.177. The lowest BCUT2D eigenvalue weighted by Gasteiger charge is -2.20. The monoisotopic (exact) mass is 292 g/mol. The molecule has 84 valence electrons. The van der Waals surface area contributed by atoms with Crippen LogP contribution in [0.4, 0.5) is 0 Å². The van der Waals surface area contributed by atoms with Crippen LogP contribution in [0, 0.1) is 0 Å². The second-order valence-electron chi connectivity index (χ2n) is 4.28. The quantitative estimate of drug-likeness (QED) is 0.785. The van der Waals surface area contributed by atoms with Gasteiger partial charge in [0.05, 0.1) is 10.2 Å². The molecule has 0 aromatic carbocycles. The third-order valence-corrected chi connectivity index (χ3v) is 3.09. The maximum Gasteiger partial charge on any atom is 0.156 e. The minimum absolute atomic E-state index is 0.0755. The van der Waals surface area contributed by atoms with E-state index in [1.54, 1.807) is 7.11 Å². The Balaban J connectivity index is 3.25. The number of nitrogens with zero attached hydrogens (tertiary/aromatic N) is 2. The number of ether oxygens (including phenoxy) is 1. The van der Waals surface area contributed by atoms with Crippen molar-refractivity contribution in [1.29, 1.82) is 0 Å². The molecule has 0 bridgehead atoms. The van der Waals surface area contributed by atoms with E-state index in [1.165, 1.54) is 0 Å². The van der Waals surface area contributed by atoms with Crippen molar-refractivity contribution >= 4 is 27.5 Å². The fourth-order valence-electron chi connectivity index (χ4n) is 1.15. The standard InChI is InChI=1S/C10H14BrClN2O/c1-10(2,3)8-7(11)9(12)14-6(13-8)5-15-4/h5H2,1-4H3. The second kappa shape index (κ2) is 4.76. The van der Waals surface area contributed by atoms with Crippen LogP contribution in [0.15, 0.2) is 4.47 Å². The van der Waals surface area contributed by atoms with Crippen molar-refractivity contribution < 1.29 is 4.74 Å². The van der Waals surface area contributed by atoms with Crippen LogP contribution in [0.2, 0.25) is 5.15 Å². The molecule has 0 N–H and O–H groups in total. The molecule has 0 amide bonds. The summed E-state index contributed by atoms with van der Waals surface area (Å²) in [5, 5.41) is 0.432. The summed E-state index contributed by atoms with van der Waals surface area (Å²) in [5.41, 5.74) is 0.822. The van der Waals surface area contributed by atoms with Crippen LogP contribution >= 0.6 is 27.5 Å². The zero-order valence-electron chi connectivity index (χ0n) is 9.27. The minimum Gasteiger partial charge on any atom is -0.377 e. The van der Waals surface area contributed by atoms with Crippen molar-refractivity contribution in [3.63, 3.8) is 0 Å². The van der Waals surface area contributed by atoms with Crippen molar-refractivity contribution in [3.05, 3.63) is 21.1 Å². The van der Waals surface area contributed by atoms with E-state index in [9.17, 15) is 0 Å². The van der Waals surface area contributed by atoms with Crippen molar-refractivity contribution in [3.8, 4) is 0 Å². The topological polar surface area (TPSA) is 35.0 Å². The summed E-state index contributed by atoms with van der Waals surface area (Å²) in [6, 6.07) is 0. The number of rotatable bonds is 2. The highest BCUT2D eigenvalue weighted by Gasteiger charge is 2.22. The van der Waals surface area contributed by atoms with E-state index in [2.05, 4.69) is 46.7 Å². The molecular weight excluding hydrogens is 279 g/mol. The van der Waals surface area contributed by atoms with E-state index in [4.69, 9.17) is 16.3 Å². The molecule has 0 saturated heterocycles. The number of hydrogen-bond acceptors (Lipinski definition) is 3. The van der Waals surface area contributed by atoms with E-state index in [0.717, 1.165) is 10.2 Å². The van der Waals surface area contributed by atoms with Gasteiger partial charge in [0.25, 0.3) is 0 Å². The zero-order valence-corrected chi connectivity index (χ0v) is 11.6. The Labute approximate surface area is 103 Å². The first-order valence-corrected chi connectivity index (χ1v) is 5.74. The number of methoxy groups -OCH3 is 1. The highest BCUT2D eigenvalue weighted by molar-refractivity contribution is 9.10. The molecule has 15 heavy (non-hydrogen) atoms. The van der Waals surface area contributed by atoms with Crippen LogP contribution in [0.3, 0.4) is 0 Å². The van der Waals surface area contributed by atoms with Crippen LogP contribution < -0.4 is 0 Å². The van der Waals surface area contributed by atoms with Gasteiger partial charge >= 0.3 is 0 Å². The van der Waals surface area contributed by atoms with E-state index in [-0.39, 0.29) is 5.41 Å². The lowest BCUT2D eigenvalue weighted by atomic mass is 9.92. The summed E-state index contributed by atoms with van der Waals surface area (Å²) in [4.78, 5) is 8.55. The molecule has 0 aliphatic heterocycles. The average Bonchev–Trinajstić information content (AvgIpc) is 2.09. The Morgan fingerprint density at radius 1 is 1.33 bits per heavy atom. The molecule has 5 heteroatoms. The third kappa shape index (κ3) is 3.13. The third-order valence-electron chi connectivity index (χ3n) is 1.84. The number of hydrogen-bond donors (Lipinski definition) is 0. The smallest absolute Gasteiger partial charge is 0.156 e. The maximum atomic E-state index is 6.01. The molecule has 1 heterocycles. The van der Waals surface area contributed by atoms with Gasteiger partial charge in [-0.3, -0.25) is 0 Å². The van der Waals surface area contributed by atoms with E-state index >= 15 is 0 Å². The SMILES string of the molecule is COCc1nc(Cl)c(Br)c(C(C)(C)C)n1. The average molecular weight is 294 g/mol. The molecule has 0 unspecified atom stereocenters. The van der Waals surface area contributed by atoms with Crippen molar-refractivity contribution in [2.24, 2.45) is 0 Å². The first kappa shape index (κ1) is 12.9. The highest BCUT2D eigenvalue weighted by Crippen LogP contribution is 2.32. The first-order valence-electron chi connectivity index (χ1n) is 4.57.